The van der Waals surface area contributed by atoms with Gasteiger partial charge < -0.3 is 8.85 Å². The summed E-state index contributed by atoms with van der Waals surface area (Å²) in [6, 6.07) is 0. The molecule has 0 bridgehead atoms. The lowest BCUT2D eigenvalue weighted by molar-refractivity contribution is 0.228. The van der Waals surface area contributed by atoms with Crippen LogP contribution >= 0.6 is 0 Å². The fourth-order valence-corrected chi connectivity index (χ4v) is 3.51. The summed E-state index contributed by atoms with van der Waals surface area (Å²) in [6.45, 7) is 10.1. The average molecular weight is 174 g/mol. The quantitative estimate of drug-likeness (QED) is 0.611. The molecule has 0 N–H and O–H groups in total. The summed E-state index contributed by atoms with van der Waals surface area (Å²) in [5.41, 5.74) is 1.83. The molecule has 11 heavy (non-hydrogen) atoms. The maximum Gasteiger partial charge on any atom is 0.369 e. The van der Waals surface area contributed by atoms with Gasteiger partial charge in [-0.15, -0.1) is 6.58 Å². The average Bonchev–Trinajstić information content (AvgIpc) is 1.90. The van der Waals surface area contributed by atoms with Crippen molar-refractivity contribution in [2.24, 2.45) is 0 Å². The van der Waals surface area contributed by atoms with E-state index < -0.39 is 8.56 Å². The molecule has 0 atom stereocenters. The van der Waals surface area contributed by atoms with Crippen LogP contribution in [-0.2, 0) is 8.85 Å². The van der Waals surface area contributed by atoms with Crippen LogP contribution in [0.15, 0.2) is 12.3 Å². The van der Waals surface area contributed by atoms with E-state index in [1.165, 1.54) is 0 Å². The van der Waals surface area contributed by atoms with E-state index in [4.69, 9.17) is 8.85 Å². The van der Waals surface area contributed by atoms with Gasteiger partial charge in [0.15, 0.2) is 0 Å². The Labute approximate surface area is 70.5 Å². The van der Waals surface area contributed by atoms with Gasteiger partial charge in [0.05, 0.1) is 0 Å². The van der Waals surface area contributed by atoms with E-state index >= 15 is 0 Å². The predicted molar refractivity (Wildman–Crippen MR) is 49.7 cm³/mol. The Morgan fingerprint density at radius 3 is 1.55 bits per heavy atom. The lowest BCUT2D eigenvalue weighted by atomic mass is 10.2. The van der Waals surface area contributed by atoms with Crippen LogP contribution in [0.3, 0.4) is 0 Å². The summed E-state index contributed by atoms with van der Waals surface area (Å²) in [6.07, 6.45) is 0. The summed E-state index contributed by atoms with van der Waals surface area (Å²) in [5, 5.41) is 0.0399. The molecule has 0 unspecified atom stereocenters. The maximum absolute atomic E-state index is 5.40. The van der Waals surface area contributed by atoms with Gasteiger partial charge in [0.1, 0.15) is 0 Å². The molecule has 0 radical (unpaired) electrons. The van der Waals surface area contributed by atoms with Gasteiger partial charge in [0.2, 0.25) is 0 Å². The molecule has 66 valence electrons. The molecule has 0 fully saturated rings. The minimum atomic E-state index is -2.16. The fraction of sp³-hybridized carbons (Fsp3) is 0.750. The third-order valence-electron chi connectivity index (χ3n) is 1.92. The summed E-state index contributed by atoms with van der Waals surface area (Å²) in [7, 11) is 1.21. The molecule has 0 aromatic rings. The SMILES string of the molecule is C=C[Si](OC)(OC)C(C)(C)C. The van der Waals surface area contributed by atoms with Gasteiger partial charge in [-0.05, 0) is 5.70 Å². The normalized spacial score (nSPS) is 13.2. The number of rotatable bonds is 3. The first kappa shape index (κ1) is 10.9. The van der Waals surface area contributed by atoms with E-state index in [2.05, 4.69) is 27.4 Å². The number of hydrogen-bond donors (Lipinski definition) is 0. The van der Waals surface area contributed by atoms with Gasteiger partial charge >= 0.3 is 8.56 Å². The van der Waals surface area contributed by atoms with Gasteiger partial charge in [0.25, 0.3) is 0 Å². The van der Waals surface area contributed by atoms with E-state index in [0.29, 0.717) is 0 Å². The van der Waals surface area contributed by atoms with Gasteiger partial charge in [-0.25, -0.2) is 0 Å². The Bertz CT molecular complexity index is 134. The fourth-order valence-electron chi connectivity index (χ4n) is 1.17. The van der Waals surface area contributed by atoms with Gasteiger partial charge in [-0.3, -0.25) is 0 Å². The standard InChI is InChI=1S/C8H18O2Si/c1-7-11(9-5,10-6)8(2,3)4/h7H,1H2,2-6H3. The smallest absolute Gasteiger partial charge is 0.369 e. The largest absolute Gasteiger partial charge is 0.394 e. The van der Waals surface area contributed by atoms with Crippen LogP contribution in [0.1, 0.15) is 20.8 Å². The van der Waals surface area contributed by atoms with Crippen LogP contribution in [0, 0.1) is 0 Å². The Balaban J connectivity index is 4.68. The zero-order valence-corrected chi connectivity index (χ0v) is 9.10. The topological polar surface area (TPSA) is 18.5 Å². The van der Waals surface area contributed by atoms with Crippen LogP contribution in [0.2, 0.25) is 5.04 Å². The third kappa shape index (κ3) is 1.92. The van der Waals surface area contributed by atoms with Gasteiger partial charge in [0, 0.05) is 19.3 Å². The zero-order chi connectivity index (χ0) is 9.12. The van der Waals surface area contributed by atoms with Gasteiger partial charge in [-0.1, -0.05) is 20.8 Å². The van der Waals surface area contributed by atoms with E-state index in [9.17, 15) is 0 Å². The highest BCUT2D eigenvalue weighted by Crippen LogP contribution is 2.37. The van der Waals surface area contributed by atoms with Crippen LogP contribution in [0.4, 0.5) is 0 Å². The lowest BCUT2D eigenvalue weighted by Crippen LogP contribution is -2.47. The molecule has 0 amide bonds. The summed E-state index contributed by atoms with van der Waals surface area (Å²) >= 11 is 0. The zero-order valence-electron chi connectivity index (χ0n) is 8.10. The molecule has 0 spiro atoms. The molecule has 0 aromatic heterocycles. The van der Waals surface area contributed by atoms with Crippen LogP contribution < -0.4 is 0 Å². The lowest BCUT2D eigenvalue weighted by Gasteiger charge is -2.35. The minimum Gasteiger partial charge on any atom is -0.394 e. The van der Waals surface area contributed by atoms with Crippen molar-refractivity contribution >= 4 is 8.56 Å². The van der Waals surface area contributed by atoms with Crippen LogP contribution in [0.25, 0.3) is 0 Å². The van der Waals surface area contributed by atoms with Crippen molar-refractivity contribution in [3.63, 3.8) is 0 Å². The second-order valence-electron chi connectivity index (χ2n) is 3.53. The van der Waals surface area contributed by atoms with Crippen LogP contribution in [-0.4, -0.2) is 22.8 Å². The molecule has 0 aliphatic carbocycles. The highest BCUT2D eigenvalue weighted by atomic mass is 28.4. The molecule has 0 aliphatic rings. The Morgan fingerprint density at radius 2 is 1.55 bits per heavy atom. The highest BCUT2D eigenvalue weighted by molar-refractivity contribution is 6.75. The molecule has 2 nitrogen and oxygen atoms in total. The van der Waals surface area contributed by atoms with Crippen molar-refractivity contribution in [1.29, 1.82) is 0 Å². The first-order valence-corrected chi connectivity index (χ1v) is 5.57. The van der Waals surface area contributed by atoms with Crippen molar-refractivity contribution in [3.05, 3.63) is 12.3 Å². The first-order valence-electron chi connectivity index (χ1n) is 3.67. The molecule has 0 heterocycles. The molecule has 0 rings (SSSR count). The monoisotopic (exact) mass is 174 g/mol. The summed E-state index contributed by atoms with van der Waals surface area (Å²) in [5.74, 6) is 0. The molecule has 0 aliphatic heterocycles. The second-order valence-corrected chi connectivity index (χ2v) is 7.59. The third-order valence-corrected chi connectivity index (χ3v) is 5.76. The van der Waals surface area contributed by atoms with Gasteiger partial charge in [-0.2, -0.15) is 0 Å². The van der Waals surface area contributed by atoms with Crippen molar-refractivity contribution in [2.75, 3.05) is 14.2 Å². The molecule has 0 saturated heterocycles. The molecule has 0 aromatic carbocycles. The Hall–Kier alpha value is -0.123. The second kappa shape index (κ2) is 3.52. The highest BCUT2D eigenvalue weighted by Gasteiger charge is 2.45. The molecule has 3 heteroatoms. The van der Waals surface area contributed by atoms with E-state index in [0.717, 1.165) is 0 Å². The molecular weight excluding hydrogens is 156 g/mol. The summed E-state index contributed by atoms with van der Waals surface area (Å²) in [4.78, 5) is 0. The number of hydrogen-bond acceptors (Lipinski definition) is 2. The Kier molecular flexibility index (Phi) is 3.48. The van der Waals surface area contributed by atoms with E-state index in [1.54, 1.807) is 14.2 Å². The first-order chi connectivity index (χ1) is 4.93. The van der Waals surface area contributed by atoms with Crippen molar-refractivity contribution in [2.45, 2.75) is 25.8 Å². The predicted octanol–water partition coefficient (Wildman–Crippen LogP) is 2.25. The maximum atomic E-state index is 5.40. The summed E-state index contributed by atoms with van der Waals surface area (Å²) < 4.78 is 10.8. The van der Waals surface area contributed by atoms with Crippen molar-refractivity contribution in [3.8, 4) is 0 Å². The molecule has 0 saturated carbocycles. The van der Waals surface area contributed by atoms with E-state index in [1.807, 2.05) is 5.70 Å². The van der Waals surface area contributed by atoms with E-state index in [-0.39, 0.29) is 5.04 Å². The van der Waals surface area contributed by atoms with Crippen molar-refractivity contribution < 1.29 is 8.85 Å². The van der Waals surface area contributed by atoms with Crippen molar-refractivity contribution in [1.82, 2.24) is 0 Å². The Morgan fingerprint density at radius 1 is 1.18 bits per heavy atom. The van der Waals surface area contributed by atoms with Crippen LogP contribution in [0.5, 0.6) is 0 Å². The minimum absolute atomic E-state index is 0.0399. The molecular formula is C8H18O2Si.